The number of methoxy groups -OCH3 is 1. The van der Waals surface area contributed by atoms with Crippen LogP contribution in [-0.2, 0) is 40.0 Å². The maximum atomic E-state index is 12.0. The summed E-state index contributed by atoms with van der Waals surface area (Å²) in [5.74, 6) is -0.766. The Balaban J connectivity index is 1.89. The highest BCUT2D eigenvalue weighted by Gasteiger charge is 2.25. The molecule has 1 aromatic rings. The van der Waals surface area contributed by atoms with Crippen LogP contribution in [0.1, 0.15) is 41.5 Å². The lowest BCUT2D eigenvalue weighted by atomic mass is 9.98. The summed E-state index contributed by atoms with van der Waals surface area (Å²) in [7, 11) is 1.30. The van der Waals surface area contributed by atoms with E-state index in [2.05, 4.69) is 16.1 Å². The second-order valence-electron chi connectivity index (χ2n) is 5.54. The molecule has 20 heavy (non-hydrogen) atoms. The van der Waals surface area contributed by atoms with Crippen LogP contribution < -0.4 is 5.32 Å². The molecule has 1 aromatic carbocycles. The van der Waals surface area contributed by atoms with Crippen LogP contribution in [0.2, 0.25) is 0 Å². The minimum atomic E-state index is -0.494. The predicted molar refractivity (Wildman–Crippen MR) is 75.8 cm³/mol. The van der Waals surface area contributed by atoms with E-state index >= 15 is 0 Å². The standard InChI is InChI=1S/C16H19NO3/c1-20-15(19)9-14(18)17-16-12-6-2-4-10(12)8-11-5-3-7-13(11)16/h8H,2-7,9H2,1H3,(H,17,18). The zero-order valence-corrected chi connectivity index (χ0v) is 11.8. The minimum absolute atomic E-state index is 0.213. The van der Waals surface area contributed by atoms with Crippen LogP contribution in [0.5, 0.6) is 0 Å². The summed E-state index contributed by atoms with van der Waals surface area (Å²) in [6.07, 6.45) is 6.34. The number of carbonyl (C=O) groups is 2. The number of fused-ring (bicyclic) bond motifs is 2. The van der Waals surface area contributed by atoms with E-state index in [1.165, 1.54) is 29.4 Å². The van der Waals surface area contributed by atoms with Gasteiger partial charge in [-0.05, 0) is 60.8 Å². The van der Waals surface area contributed by atoms with E-state index in [1.807, 2.05) is 0 Å². The first kappa shape index (κ1) is 13.2. The van der Waals surface area contributed by atoms with Crippen molar-refractivity contribution in [2.24, 2.45) is 0 Å². The van der Waals surface area contributed by atoms with Gasteiger partial charge in [0.25, 0.3) is 0 Å². The molecule has 4 nitrogen and oxygen atoms in total. The fourth-order valence-corrected chi connectivity index (χ4v) is 3.35. The molecule has 2 aliphatic carbocycles. The number of ether oxygens (including phenoxy) is 1. The Morgan fingerprint density at radius 3 is 2.25 bits per heavy atom. The maximum Gasteiger partial charge on any atom is 0.315 e. The Bertz CT molecular complexity index is 545. The molecule has 0 heterocycles. The molecule has 0 fully saturated rings. The number of nitrogens with one attached hydrogen (secondary N) is 1. The highest BCUT2D eigenvalue weighted by molar-refractivity contribution is 6.03. The van der Waals surface area contributed by atoms with Crippen molar-refractivity contribution >= 4 is 17.6 Å². The average molecular weight is 273 g/mol. The second kappa shape index (κ2) is 5.27. The van der Waals surface area contributed by atoms with Crippen LogP contribution in [0.15, 0.2) is 6.07 Å². The number of esters is 1. The van der Waals surface area contributed by atoms with Crippen molar-refractivity contribution < 1.29 is 14.3 Å². The van der Waals surface area contributed by atoms with E-state index in [4.69, 9.17) is 0 Å². The number of carbonyl (C=O) groups excluding carboxylic acids is 2. The summed E-state index contributed by atoms with van der Waals surface area (Å²) in [4.78, 5) is 23.2. The van der Waals surface area contributed by atoms with E-state index in [0.717, 1.165) is 44.2 Å². The molecule has 0 aromatic heterocycles. The molecule has 1 amide bonds. The first-order chi connectivity index (χ1) is 9.69. The largest absolute Gasteiger partial charge is 0.469 e. The molecule has 0 saturated carbocycles. The first-order valence-corrected chi connectivity index (χ1v) is 7.22. The molecule has 2 aliphatic rings. The van der Waals surface area contributed by atoms with Gasteiger partial charge in [0, 0.05) is 5.69 Å². The van der Waals surface area contributed by atoms with Gasteiger partial charge in [-0.2, -0.15) is 0 Å². The van der Waals surface area contributed by atoms with Gasteiger partial charge in [-0.1, -0.05) is 6.07 Å². The van der Waals surface area contributed by atoms with E-state index in [9.17, 15) is 9.59 Å². The number of hydrogen-bond acceptors (Lipinski definition) is 3. The third-order valence-electron chi connectivity index (χ3n) is 4.27. The quantitative estimate of drug-likeness (QED) is 0.678. The molecule has 0 bridgehead atoms. The van der Waals surface area contributed by atoms with Crippen LogP contribution >= 0.6 is 0 Å². The number of hydrogen-bond donors (Lipinski definition) is 1. The predicted octanol–water partition coefficient (Wildman–Crippen LogP) is 2.17. The molecule has 0 radical (unpaired) electrons. The monoisotopic (exact) mass is 273 g/mol. The van der Waals surface area contributed by atoms with Gasteiger partial charge >= 0.3 is 5.97 Å². The van der Waals surface area contributed by atoms with Crippen molar-refractivity contribution in [3.63, 3.8) is 0 Å². The van der Waals surface area contributed by atoms with Crippen molar-refractivity contribution in [3.05, 3.63) is 28.3 Å². The second-order valence-corrected chi connectivity index (χ2v) is 5.54. The SMILES string of the molecule is COC(=O)CC(=O)Nc1c2c(cc3c1CCC3)CCC2. The van der Waals surface area contributed by atoms with E-state index in [1.54, 1.807) is 0 Å². The molecule has 0 aliphatic heterocycles. The van der Waals surface area contributed by atoms with Crippen LogP contribution in [0, 0.1) is 0 Å². The molecule has 106 valence electrons. The van der Waals surface area contributed by atoms with Gasteiger partial charge in [-0.3, -0.25) is 9.59 Å². The van der Waals surface area contributed by atoms with Crippen molar-refractivity contribution in [3.8, 4) is 0 Å². The van der Waals surface area contributed by atoms with Crippen molar-refractivity contribution in [1.82, 2.24) is 0 Å². The summed E-state index contributed by atoms with van der Waals surface area (Å²) < 4.78 is 4.54. The van der Waals surface area contributed by atoms with Gasteiger partial charge in [0.1, 0.15) is 6.42 Å². The number of aryl methyl sites for hydroxylation is 2. The average Bonchev–Trinajstić information content (AvgIpc) is 3.06. The highest BCUT2D eigenvalue weighted by atomic mass is 16.5. The highest BCUT2D eigenvalue weighted by Crippen LogP contribution is 2.38. The zero-order valence-electron chi connectivity index (χ0n) is 11.8. The molecule has 0 saturated heterocycles. The third-order valence-corrected chi connectivity index (χ3v) is 4.27. The summed E-state index contributed by atoms with van der Waals surface area (Å²) >= 11 is 0. The van der Waals surface area contributed by atoms with Gasteiger partial charge in [-0.15, -0.1) is 0 Å². The molecular formula is C16H19NO3. The minimum Gasteiger partial charge on any atom is -0.469 e. The molecular weight excluding hydrogens is 254 g/mol. The van der Waals surface area contributed by atoms with Crippen LogP contribution in [0.4, 0.5) is 5.69 Å². The summed E-state index contributed by atoms with van der Waals surface area (Å²) in [6.45, 7) is 0. The zero-order chi connectivity index (χ0) is 14.1. The van der Waals surface area contributed by atoms with E-state index in [0.29, 0.717) is 0 Å². The summed E-state index contributed by atoms with van der Waals surface area (Å²) in [5.41, 5.74) is 6.30. The number of amides is 1. The number of anilines is 1. The summed E-state index contributed by atoms with van der Waals surface area (Å²) in [5, 5.41) is 2.97. The van der Waals surface area contributed by atoms with Crippen molar-refractivity contribution in [1.29, 1.82) is 0 Å². The normalized spacial score (nSPS) is 15.7. The Morgan fingerprint density at radius 1 is 1.10 bits per heavy atom. The molecule has 4 heteroatoms. The Hall–Kier alpha value is -1.84. The summed E-state index contributed by atoms with van der Waals surface area (Å²) in [6, 6.07) is 2.32. The van der Waals surface area contributed by atoms with E-state index in [-0.39, 0.29) is 12.3 Å². The third kappa shape index (κ3) is 2.30. The lowest BCUT2D eigenvalue weighted by Gasteiger charge is -2.15. The van der Waals surface area contributed by atoms with Crippen LogP contribution in [0.3, 0.4) is 0 Å². The van der Waals surface area contributed by atoms with Gasteiger partial charge in [-0.25, -0.2) is 0 Å². The Morgan fingerprint density at radius 2 is 1.70 bits per heavy atom. The van der Waals surface area contributed by atoms with E-state index < -0.39 is 5.97 Å². The fraction of sp³-hybridized carbons (Fsp3) is 0.500. The van der Waals surface area contributed by atoms with Crippen LogP contribution in [-0.4, -0.2) is 19.0 Å². The van der Waals surface area contributed by atoms with Gasteiger partial charge in [0.15, 0.2) is 0 Å². The van der Waals surface area contributed by atoms with Gasteiger partial charge < -0.3 is 10.1 Å². The molecule has 3 rings (SSSR count). The number of rotatable bonds is 3. The Kier molecular flexibility index (Phi) is 3.47. The molecule has 1 N–H and O–H groups in total. The van der Waals surface area contributed by atoms with Gasteiger partial charge in [0.2, 0.25) is 5.91 Å². The lowest BCUT2D eigenvalue weighted by Crippen LogP contribution is -2.19. The molecule has 0 unspecified atom stereocenters. The topological polar surface area (TPSA) is 55.4 Å². The maximum absolute atomic E-state index is 12.0. The lowest BCUT2D eigenvalue weighted by molar-refractivity contribution is -0.142. The number of benzene rings is 1. The van der Waals surface area contributed by atoms with Gasteiger partial charge in [0.05, 0.1) is 7.11 Å². The first-order valence-electron chi connectivity index (χ1n) is 7.22. The molecule has 0 atom stereocenters. The van der Waals surface area contributed by atoms with Crippen molar-refractivity contribution in [2.45, 2.75) is 44.9 Å². The molecule has 0 spiro atoms. The smallest absolute Gasteiger partial charge is 0.315 e. The van der Waals surface area contributed by atoms with Crippen molar-refractivity contribution in [2.75, 3.05) is 12.4 Å². The van der Waals surface area contributed by atoms with Crippen LogP contribution in [0.25, 0.3) is 0 Å². The fourth-order valence-electron chi connectivity index (χ4n) is 3.35. The Labute approximate surface area is 118 Å².